The maximum atomic E-state index is 11.4. The van der Waals surface area contributed by atoms with Crippen molar-refractivity contribution < 1.29 is 14.4 Å². The van der Waals surface area contributed by atoms with Crippen molar-refractivity contribution in [2.24, 2.45) is 0 Å². The van der Waals surface area contributed by atoms with Gasteiger partial charge in [-0.2, -0.15) is 4.98 Å². The summed E-state index contributed by atoms with van der Waals surface area (Å²) in [5.41, 5.74) is 2.49. The molecule has 2 heterocycles. The number of nitrogens with one attached hydrogen (secondary N) is 1. The van der Waals surface area contributed by atoms with E-state index < -0.39 is 11.2 Å². The smallest absolute Gasteiger partial charge is 0.270 e. The highest BCUT2D eigenvalue weighted by Gasteiger charge is 2.29. The first kappa shape index (κ1) is 22.8. The second-order valence-corrected chi connectivity index (χ2v) is 8.59. The summed E-state index contributed by atoms with van der Waals surface area (Å²) in [5, 5.41) is 23.9. The number of hydrogen-bond acceptors (Lipinski definition) is 9. The van der Waals surface area contributed by atoms with Gasteiger partial charge in [0.15, 0.2) is 5.69 Å². The van der Waals surface area contributed by atoms with E-state index in [4.69, 9.17) is 9.47 Å². The molecule has 0 radical (unpaired) electrons. The predicted octanol–water partition coefficient (Wildman–Crippen LogP) is 5.63. The molecule has 0 amide bonds. The van der Waals surface area contributed by atoms with Crippen LogP contribution in [0.25, 0.3) is 11.3 Å². The number of methoxy groups -OCH3 is 1. The molecule has 1 unspecified atom stereocenters. The third-order valence-corrected chi connectivity index (χ3v) is 6.19. The number of hydrogen-bond donors (Lipinski definition) is 1. The number of ether oxygens (including phenoxy) is 2. The Kier molecular flexibility index (Phi) is 7.23. The van der Waals surface area contributed by atoms with Crippen LogP contribution in [0.2, 0.25) is 0 Å². The monoisotopic (exact) mass is 467 g/mol. The first-order valence-corrected chi connectivity index (χ1v) is 11.8. The van der Waals surface area contributed by atoms with E-state index in [2.05, 4.69) is 27.4 Å². The number of unbranched alkanes of at least 4 members (excludes halogenated alkanes) is 3. The van der Waals surface area contributed by atoms with Crippen LogP contribution >= 0.6 is 11.8 Å². The minimum absolute atomic E-state index is 0.0573. The summed E-state index contributed by atoms with van der Waals surface area (Å²) in [6, 6.07) is 12.0. The molecule has 1 aliphatic heterocycles. The van der Waals surface area contributed by atoms with Crippen molar-refractivity contribution in [3.63, 3.8) is 0 Å². The fourth-order valence-electron chi connectivity index (χ4n) is 3.58. The molecular formula is C23H25N5O4S. The number of anilines is 1. The van der Waals surface area contributed by atoms with Crippen molar-refractivity contribution >= 4 is 23.1 Å². The zero-order valence-electron chi connectivity index (χ0n) is 18.5. The highest BCUT2D eigenvalue weighted by atomic mass is 32.2. The Morgan fingerprint density at radius 3 is 2.82 bits per heavy atom. The average Bonchev–Trinajstić information content (AvgIpc) is 3.00. The standard InChI is InChI=1S/C23H25N5O4S/c1-3-4-5-8-13-33-23-25-22-20(26-27-23)16-9-6-7-10-18(16)24-21(32-22)17-14-15(28(29)30)11-12-19(17)31-2/h6-7,9-12,14,21,24H,3-5,8,13H2,1-2H3. The van der Waals surface area contributed by atoms with Gasteiger partial charge in [-0.3, -0.25) is 10.1 Å². The molecule has 0 spiro atoms. The van der Waals surface area contributed by atoms with Gasteiger partial charge in [-0.15, -0.1) is 10.2 Å². The van der Waals surface area contributed by atoms with Gasteiger partial charge < -0.3 is 14.8 Å². The van der Waals surface area contributed by atoms with Crippen molar-refractivity contribution in [2.75, 3.05) is 18.2 Å². The SMILES string of the molecule is CCCCCCSc1nnc2c(n1)OC(c1cc([N+](=O)[O-])ccc1OC)Nc1ccccc1-2. The van der Waals surface area contributed by atoms with Gasteiger partial charge >= 0.3 is 0 Å². The lowest BCUT2D eigenvalue weighted by Gasteiger charge is -2.21. The quantitative estimate of drug-likeness (QED) is 0.185. The maximum Gasteiger partial charge on any atom is 0.270 e. The molecule has 0 saturated heterocycles. The zero-order chi connectivity index (χ0) is 23.2. The second kappa shape index (κ2) is 10.5. The number of para-hydroxylation sites is 1. The Labute approximate surface area is 196 Å². The molecule has 1 atom stereocenters. The van der Waals surface area contributed by atoms with E-state index in [0.717, 1.165) is 23.4 Å². The molecule has 3 aromatic rings. The van der Waals surface area contributed by atoms with Crippen LogP contribution in [0.1, 0.15) is 44.4 Å². The van der Waals surface area contributed by atoms with Crippen molar-refractivity contribution in [1.29, 1.82) is 0 Å². The Bertz CT molecular complexity index is 1140. The first-order valence-electron chi connectivity index (χ1n) is 10.8. The summed E-state index contributed by atoms with van der Waals surface area (Å²) in [7, 11) is 1.51. The second-order valence-electron chi connectivity index (χ2n) is 7.53. The van der Waals surface area contributed by atoms with Gasteiger partial charge in [0, 0.05) is 29.1 Å². The summed E-state index contributed by atoms with van der Waals surface area (Å²) in [6.07, 6.45) is 3.87. The largest absolute Gasteiger partial charge is 0.496 e. The number of thioether (sulfide) groups is 1. The summed E-state index contributed by atoms with van der Waals surface area (Å²) in [4.78, 5) is 15.6. The van der Waals surface area contributed by atoms with E-state index in [1.807, 2.05) is 24.3 Å². The molecule has 4 rings (SSSR count). The summed E-state index contributed by atoms with van der Waals surface area (Å²) >= 11 is 1.54. The molecule has 0 aliphatic carbocycles. The van der Waals surface area contributed by atoms with Crippen LogP contribution < -0.4 is 14.8 Å². The minimum atomic E-state index is -0.777. The number of nitro benzene ring substituents is 1. The fraction of sp³-hybridized carbons (Fsp3) is 0.348. The summed E-state index contributed by atoms with van der Waals surface area (Å²) < 4.78 is 11.7. The minimum Gasteiger partial charge on any atom is -0.496 e. The van der Waals surface area contributed by atoms with Crippen LogP contribution in [0, 0.1) is 10.1 Å². The van der Waals surface area contributed by atoms with Crippen molar-refractivity contribution in [2.45, 2.75) is 44.0 Å². The molecule has 9 nitrogen and oxygen atoms in total. The average molecular weight is 468 g/mol. The van der Waals surface area contributed by atoms with Crippen LogP contribution in [0.15, 0.2) is 47.6 Å². The summed E-state index contributed by atoms with van der Waals surface area (Å²) in [6.45, 7) is 2.18. The summed E-state index contributed by atoms with van der Waals surface area (Å²) in [5.74, 6) is 1.68. The van der Waals surface area contributed by atoms with Gasteiger partial charge in [0.2, 0.25) is 17.3 Å². The zero-order valence-corrected chi connectivity index (χ0v) is 19.3. The molecule has 2 aromatic carbocycles. The highest BCUT2D eigenvalue weighted by Crippen LogP contribution is 2.41. The van der Waals surface area contributed by atoms with E-state index in [1.165, 1.54) is 38.5 Å². The lowest BCUT2D eigenvalue weighted by atomic mass is 10.1. The molecule has 33 heavy (non-hydrogen) atoms. The normalized spacial score (nSPS) is 14.3. The van der Waals surface area contributed by atoms with Crippen molar-refractivity contribution in [3.05, 3.63) is 58.1 Å². The number of nitrogens with zero attached hydrogens (tertiary/aromatic N) is 4. The van der Waals surface area contributed by atoms with Crippen molar-refractivity contribution in [3.8, 4) is 22.9 Å². The van der Waals surface area contributed by atoms with Gasteiger partial charge in [-0.25, -0.2) is 0 Å². The third kappa shape index (κ3) is 5.16. The number of fused-ring (bicyclic) bond motifs is 3. The van der Waals surface area contributed by atoms with Crippen LogP contribution in [0.3, 0.4) is 0 Å². The Morgan fingerprint density at radius 2 is 2.03 bits per heavy atom. The third-order valence-electron chi connectivity index (χ3n) is 5.27. The molecule has 1 aliphatic rings. The molecule has 0 fully saturated rings. The molecule has 1 aromatic heterocycles. The van der Waals surface area contributed by atoms with Gasteiger partial charge in [0.1, 0.15) is 5.75 Å². The molecule has 1 N–H and O–H groups in total. The predicted molar refractivity (Wildman–Crippen MR) is 127 cm³/mol. The number of benzene rings is 2. The van der Waals surface area contributed by atoms with Gasteiger partial charge in [-0.05, 0) is 18.6 Å². The van der Waals surface area contributed by atoms with Crippen LogP contribution in [-0.4, -0.2) is 33.0 Å². The van der Waals surface area contributed by atoms with Crippen LogP contribution in [0.4, 0.5) is 11.4 Å². The molecule has 0 saturated carbocycles. The molecular weight excluding hydrogens is 442 g/mol. The van der Waals surface area contributed by atoms with Gasteiger partial charge in [-0.1, -0.05) is 56.1 Å². The Hall–Kier alpha value is -3.40. The first-order chi connectivity index (χ1) is 16.1. The van der Waals surface area contributed by atoms with Crippen LogP contribution in [-0.2, 0) is 0 Å². The fourth-order valence-corrected chi connectivity index (χ4v) is 4.36. The number of aromatic nitrogens is 3. The lowest BCUT2D eigenvalue weighted by Crippen LogP contribution is -2.18. The molecule has 172 valence electrons. The van der Waals surface area contributed by atoms with E-state index in [9.17, 15) is 10.1 Å². The lowest BCUT2D eigenvalue weighted by molar-refractivity contribution is -0.385. The van der Waals surface area contributed by atoms with E-state index >= 15 is 0 Å². The van der Waals surface area contributed by atoms with Crippen LogP contribution in [0.5, 0.6) is 11.6 Å². The van der Waals surface area contributed by atoms with E-state index in [0.29, 0.717) is 28.0 Å². The van der Waals surface area contributed by atoms with Gasteiger partial charge in [0.25, 0.3) is 5.69 Å². The van der Waals surface area contributed by atoms with E-state index in [1.54, 1.807) is 17.8 Å². The van der Waals surface area contributed by atoms with E-state index in [-0.39, 0.29) is 5.69 Å². The molecule has 0 bridgehead atoms. The van der Waals surface area contributed by atoms with Gasteiger partial charge in [0.05, 0.1) is 17.6 Å². The molecule has 10 heteroatoms. The Morgan fingerprint density at radius 1 is 1.18 bits per heavy atom. The topological polar surface area (TPSA) is 112 Å². The number of rotatable bonds is 9. The Balaban J connectivity index is 1.70. The van der Waals surface area contributed by atoms with Crippen molar-refractivity contribution in [1.82, 2.24) is 15.2 Å². The highest BCUT2D eigenvalue weighted by molar-refractivity contribution is 7.99. The maximum absolute atomic E-state index is 11.4. The number of non-ortho nitro benzene ring substituents is 1. The number of nitro groups is 1.